The van der Waals surface area contributed by atoms with Crippen LogP contribution in [0.25, 0.3) is 33.5 Å². The molecular weight excluding hydrogens is 294 g/mol. The largest absolute Gasteiger partial charge is 0.264 e. The van der Waals surface area contributed by atoms with Gasteiger partial charge in [0.1, 0.15) is 0 Å². The Bertz CT molecular complexity index is 835. The van der Waals surface area contributed by atoms with Gasteiger partial charge in [0.2, 0.25) is 0 Å². The maximum Gasteiger partial charge on any atom is 0.0717 e. The molecular formula is C21H15N3. The minimum Gasteiger partial charge on any atom is -0.264 e. The lowest BCUT2D eigenvalue weighted by molar-refractivity contribution is 1.28. The van der Waals surface area contributed by atoms with Gasteiger partial charge in [-0.3, -0.25) is 15.0 Å². The third-order valence-corrected chi connectivity index (χ3v) is 3.93. The van der Waals surface area contributed by atoms with Gasteiger partial charge >= 0.3 is 0 Å². The number of hydrogen-bond donors (Lipinski definition) is 0. The molecule has 3 nitrogen and oxygen atoms in total. The smallest absolute Gasteiger partial charge is 0.0717 e. The first-order chi connectivity index (χ1) is 11.9. The van der Waals surface area contributed by atoms with Crippen molar-refractivity contribution in [3.05, 3.63) is 91.6 Å². The molecule has 0 atom stereocenters. The Kier molecular flexibility index (Phi) is 3.82. The fraction of sp³-hybridized carbons (Fsp3) is 0. The summed E-state index contributed by atoms with van der Waals surface area (Å²) in [5.74, 6) is 0. The Morgan fingerprint density at radius 2 is 1.00 bits per heavy atom. The molecule has 3 aromatic heterocycles. The van der Waals surface area contributed by atoms with Gasteiger partial charge in [-0.15, -0.1) is 0 Å². The van der Waals surface area contributed by atoms with E-state index in [0.717, 1.165) is 33.5 Å². The van der Waals surface area contributed by atoms with Crippen molar-refractivity contribution >= 4 is 0 Å². The molecule has 24 heavy (non-hydrogen) atoms. The van der Waals surface area contributed by atoms with Crippen LogP contribution in [0.4, 0.5) is 0 Å². The number of rotatable bonds is 3. The Labute approximate surface area is 140 Å². The van der Waals surface area contributed by atoms with Gasteiger partial charge in [-0.1, -0.05) is 36.4 Å². The van der Waals surface area contributed by atoms with Crippen molar-refractivity contribution in [1.29, 1.82) is 0 Å². The minimum absolute atomic E-state index is 0.929. The summed E-state index contributed by atoms with van der Waals surface area (Å²) in [5, 5.41) is 0. The average Bonchev–Trinajstić information content (AvgIpc) is 2.70. The van der Waals surface area contributed by atoms with Gasteiger partial charge in [0.05, 0.1) is 5.69 Å². The Morgan fingerprint density at radius 1 is 0.458 bits per heavy atom. The van der Waals surface area contributed by atoms with Crippen LogP contribution in [0.2, 0.25) is 0 Å². The highest BCUT2D eigenvalue weighted by molar-refractivity contribution is 5.70. The van der Waals surface area contributed by atoms with Crippen LogP contribution >= 0.6 is 0 Å². The van der Waals surface area contributed by atoms with Crippen molar-refractivity contribution in [3.63, 3.8) is 0 Å². The molecule has 1 aromatic carbocycles. The van der Waals surface area contributed by atoms with Gasteiger partial charge in [-0.05, 0) is 41.0 Å². The van der Waals surface area contributed by atoms with E-state index in [1.807, 2.05) is 42.9 Å². The fourth-order valence-electron chi connectivity index (χ4n) is 2.64. The zero-order valence-corrected chi connectivity index (χ0v) is 13.0. The monoisotopic (exact) mass is 309 g/mol. The molecule has 3 heteroatoms. The number of pyridine rings is 3. The summed E-state index contributed by atoms with van der Waals surface area (Å²) in [6.45, 7) is 0. The molecule has 0 aliphatic carbocycles. The quantitative estimate of drug-likeness (QED) is 0.542. The Balaban J connectivity index is 1.60. The highest BCUT2D eigenvalue weighted by Gasteiger charge is 2.03. The second-order valence-electron chi connectivity index (χ2n) is 5.49. The van der Waals surface area contributed by atoms with E-state index in [9.17, 15) is 0 Å². The first-order valence-electron chi connectivity index (χ1n) is 7.77. The number of benzene rings is 1. The van der Waals surface area contributed by atoms with E-state index in [2.05, 4.69) is 51.4 Å². The van der Waals surface area contributed by atoms with Gasteiger partial charge < -0.3 is 0 Å². The second kappa shape index (κ2) is 6.42. The average molecular weight is 309 g/mol. The Morgan fingerprint density at radius 3 is 1.50 bits per heavy atom. The molecule has 114 valence electrons. The molecule has 0 bridgehead atoms. The van der Waals surface area contributed by atoms with Gasteiger partial charge in [0.15, 0.2) is 0 Å². The molecule has 0 aliphatic heterocycles. The lowest BCUT2D eigenvalue weighted by Gasteiger charge is -2.06. The maximum absolute atomic E-state index is 4.56. The summed E-state index contributed by atoms with van der Waals surface area (Å²) < 4.78 is 0. The topological polar surface area (TPSA) is 38.7 Å². The van der Waals surface area contributed by atoms with E-state index in [0.29, 0.717) is 0 Å². The molecule has 0 saturated carbocycles. The summed E-state index contributed by atoms with van der Waals surface area (Å²) in [6, 6.07) is 20.5. The summed E-state index contributed by atoms with van der Waals surface area (Å²) in [4.78, 5) is 12.9. The van der Waals surface area contributed by atoms with Crippen LogP contribution in [0, 0.1) is 0 Å². The van der Waals surface area contributed by atoms with E-state index < -0.39 is 0 Å². The summed E-state index contributed by atoms with van der Waals surface area (Å²) in [7, 11) is 0. The maximum atomic E-state index is 4.56. The molecule has 0 fully saturated rings. The van der Waals surface area contributed by atoms with Gasteiger partial charge in [-0.2, -0.15) is 0 Å². The molecule has 0 unspecified atom stereocenters. The lowest BCUT2D eigenvalue weighted by atomic mass is 10.0. The van der Waals surface area contributed by atoms with Crippen molar-refractivity contribution in [1.82, 2.24) is 15.0 Å². The van der Waals surface area contributed by atoms with E-state index in [-0.39, 0.29) is 0 Å². The molecule has 0 amide bonds. The second-order valence-corrected chi connectivity index (χ2v) is 5.49. The SMILES string of the molecule is c1cncc(-c2ccc(-c3ccc(-c4cccnc4)nc3)cc2)c1. The van der Waals surface area contributed by atoms with Crippen LogP contribution in [0.15, 0.2) is 91.6 Å². The van der Waals surface area contributed by atoms with E-state index in [4.69, 9.17) is 0 Å². The van der Waals surface area contributed by atoms with E-state index in [1.165, 1.54) is 0 Å². The van der Waals surface area contributed by atoms with Crippen molar-refractivity contribution in [2.75, 3.05) is 0 Å². The summed E-state index contributed by atoms with van der Waals surface area (Å²) in [5.41, 5.74) is 6.48. The zero-order valence-electron chi connectivity index (χ0n) is 13.0. The van der Waals surface area contributed by atoms with Crippen molar-refractivity contribution in [3.8, 4) is 33.5 Å². The highest BCUT2D eigenvalue weighted by atomic mass is 14.7. The first kappa shape index (κ1) is 14.3. The molecule has 3 heterocycles. The zero-order chi connectivity index (χ0) is 16.2. The van der Waals surface area contributed by atoms with Crippen molar-refractivity contribution in [2.24, 2.45) is 0 Å². The summed E-state index contributed by atoms with van der Waals surface area (Å²) in [6.07, 6.45) is 9.15. The van der Waals surface area contributed by atoms with Crippen LogP contribution in [0.3, 0.4) is 0 Å². The van der Waals surface area contributed by atoms with Gasteiger partial charge in [0.25, 0.3) is 0 Å². The predicted molar refractivity (Wildman–Crippen MR) is 96.1 cm³/mol. The molecule has 0 aliphatic rings. The first-order valence-corrected chi connectivity index (χ1v) is 7.77. The number of aromatic nitrogens is 3. The predicted octanol–water partition coefficient (Wildman–Crippen LogP) is 4.87. The minimum atomic E-state index is 0.929. The molecule has 0 N–H and O–H groups in total. The Hall–Kier alpha value is -3.33. The molecule has 4 aromatic rings. The standard InChI is InChI=1S/C21H15N3/c1-3-18(13-22-11-1)16-5-7-17(8-6-16)19-9-10-21(24-15-19)20-4-2-12-23-14-20/h1-15H. The van der Waals surface area contributed by atoms with Gasteiger partial charge in [-0.25, -0.2) is 0 Å². The van der Waals surface area contributed by atoms with Crippen molar-refractivity contribution in [2.45, 2.75) is 0 Å². The van der Waals surface area contributed by atoms with Crippen molar-refractivity contribution < 1.29 is 0 Å². The molecule has 0 radical (unpaired) electrons. The third-order valence-electron chi connectivity index (χ3n) is 3.93. The van der Waals surface area contributed by atoms with Crippen LogP contribution in [-0.2, 0) is 0 Å². The third kappa shape index (κ3) is 2.92. The van der Waals surface area contributed by atoms with Crippen LogP contribution < -0.4 is 0 Å². The van der Waals surface area contributed by atoms with Crippen LogP contribution in [0.1, 0.15) is 0 Å². The summed E-state index contributed by atoms with van der Waals surface area (Å²) >= 11 is 0. The van der Waals surface area contributed by atoms with E-state index >= 15 is 0 Å². The normalized spacial score (nSPS) is 10.5. The number of hydrogen-bond acceptors (Lipinski definition) is 3. The number of nitrogens with zero attached hydrogens (tertiary/aromatic N) is 3. The molecule has 0 saturated heterocycles. The lowest BCUT2D eigenvalue weighted by Crippen LogP contribution is -1.86. The van der Waals surface area contributed by atoms with E-state index in [1.54, 1.807) is 12.4 Å². The molecule has 0 spiro atoms. The fourth-order valence-corrected chi connectivity index (χ4v) is 2.64. The van der Waals surface area contributed by atoms with Gasteiger partial charge in [0, 0.05) is 42.1 Å². The molecule has 4 rings (SSSR count). The van der Waals surface area contributed by atoms with Crippen LogP contribution in [0.5, 0.6) is 0 Å². The van der Waals surface area contributed by atoms with Crippen LogP contribution in [-0.4, -0.2) is 15.0 Å². The highest BCUT2D eigenvalue weighted by Crippen LogP contribution is 2.25.